The maximum Gasteiger partial charge on any atom is 0.306 e. The zero-order valence-electron chi connectivity index (χ0n) is 12.1. The van der Waals surface area contributed by atoms with Crippen molar-refractivity contribution >= 4 is 17.3 Å². The van der Waals surface area contributed by atoms with Crippen molar-refractivity contribution in [3.05, 3.63) is 51.7 Å². The molecule has 1 aromatic heterocycles. The lowest BCUT2D eigenvalue weighted by atomic mass is 9.98. The molecule has 1 aromatic carbocycles. The number of ether oxygens (including phenoxy) is 1. The second kappa shape index (κ2) is 7.31. The standard InChI is InChI=1S/C16H18FNO2S/c1-3-15-18-14(10-21-15)9-20-16(19)8-11(2)12-4-6-13(17)7-5-12/h4-7,10-11H,3,8-9H2,1-2H3. The van der Waals surface area contributed by atoms with Gasteiger partial charge in [0, 0.05) is 5.38 Å². The number of carbonyl (C=O) groups is 1. The molecule has 3 nitrogen and oxygen atoms in total. The maximum atomic E-state index is 12.9. The summed E-state index contributed by atoms with van der Waals surface area (Å²) in [4.78, 5) is 16.2. The number of halogens is 1. The molecule has 0 bridgehead atoms. The van der Waals surface area contributed by atoms with Gasteiger partial charge in [0.25, 0.3) is 0 Å². The summed E-state index contributed by atoms with van der Waals surface area (Å²) in [5.74, 6) is -0.540. The quantitative estimate of drug-likeness (QED) is 0.755. The number of aromatic nitrogens is 1. The van der Waals surface area contributed by atoms with Crippen molar-refractivity contribution in [1.82, 2.24) is 4.98 Å². The molecule has 0 aliphatic carbocycles. The molecule has 0 saturated heterocycles. The Bertz CT molecular complexity index is 595. The van der Waals surface area contributed by atoms with E-state index in [1.165, 1.54) is 12.1 Å². The fourth-order valence-electron chi connectivity index (χ4n) is 1.95. The van der Waals surface area contributed by atoms with Gasteiger partial charge in [-0.05, 0) is 30.0 Å². The van der Waals surface area contributed by atoms with Gasteiger partial charge in [-0.3, -0.25) is 4.79 Å². The highest BCUT2D eigenvalue weighted by molar-refractivity contribution is 7.09. The monoisotopic (exact) mass is 307 g/mol. The molecule has 112 valence electrons. The number of rotatable bonds is 6. The van der Waals surface area contributed by atoms with E-state index < -0.39 is 0 Å². The zero-order valence-corrected chi connectivity index (χ0v) is 13.0. The molecule has 5 heteroatoms. The molecule has 0 aliphatic heterocycles. The van der Waals surface area contributed by atoms with Gasteiger partial charge in [0.2, 0.25) is 0 Å². The number of hydrogen-bond donors (Lipinski definition) is 0. The number of benzene rings is 1. The van der Waals surface area contributed by atoms with Crippen LogP contribution < -0.4 is 0 Å². The third-order valence-corrected chi connectivity index (χ3v) is 4.24. The minimum atomic E-state index is -0.274. The first kappa shape index (κ1) is 15.6. The Balaban J connectivity index is 1.82. The van der Waals surface area contributed by atoms with Crippen LogP contribution in [0.3, 0.4) is 0 Å². The van der Waals surface area contributed by atoms with Crippen molar-refractivity contribution in [3.63, 3.8) is 0 Å². The molecule has 1 heterocycles. The van der Waals surface area contributed by atoms with E-state index in [1.807, 2.05) is 19.2 Å². The van der Waals surface area contributed by atoms with Crippen molar-refractivity contribution in [1.29, 1.82) is 0 Å². The SMILES string of the molecule is CCc1nc(COC(=O)CC(C)c2ccc(F)cc2)cs1. The summed E-state index contributed by atoms with van der Waals surface area (Å²) in [5, 5.41) is 2.95. The van der Waals surface area contributed by atoms with Crippen LogP contribution in [0.4, 0.5) is 4.39 Å². The second-order valence-corrected chi connectivity index (χ2v) is 5.85. The molecule has 21 heavy (non-hydrogen) atoms. The Labute approximate surface area is 127 Å². The second-order valence-electron chi connectivity index (χ2n) is 4.90. The van der Waals surface area contributed by atoms with Crippen molar-refractivity contribution in [2.24, 2.45) is 0 Å². The Morgan fingerprint density at radius 1 is 1.38 bits per heavy atom. The van der Waals surface area contributed by atoms with E-state index in [2.05, 4.69) is 4.98 Å². The molecule has 0 N–H and O–H groups in total. The average molecular weight is 307 g/mol. The molecular weight excluding hydrogens is 289 g/mol. The normalized spacial score (nSPS) is 12.1. The molecule has 0 radical (unpaired) electrons. The van der Waals surface area contributed by atoms with Crippen LogP contribution in [-0.2, 0) is 22.6 Å². The Kier molecular flexibility index (Phi) is 5.44. The molecule has 1 atom stereocenters. The zero-order chi connectivity index (χ0) is 15.2. The van der Waals surface area contributed by atoms with E-state index in [9.17, 15) is 9.18 Å². The van der Waals surface area contributed by atoms with Crippen molar-refractivity contribution in [3.8, 4) is 0 Å². The lowest BCUT2D eigenvalue weighted by Gasteiger charge is -2.11. The minimum absolute atomic E-state index is 0.000244. The van der Waals surface area contributed by atoms with Crippen LogP contribution in [0.2, 0.25) is 0 Å². The number of carbonyl (C=O) groups excluding carboxylic acids is 1. The largest absolute Gasteiger partial charge is 0.459 e. The molecule has 1 unspecified atom stereocenters. The molecule has 0 amide bonds. The highest BCUT2D eigenvalue weighted by Gasteiger charge is 2.13. The van der Waals surface area contributed by atoms with Gasteiger partial charge in [0.1, 0.15) is 12.4 Å². The van der Waals surface area contributed by atoms with E-state index in [4.69, 9.17) is 4.74 Å². The minimum Gasteiger partial charge on any atom is -0.459 e. The molecule has 2 aromatic rings. The maximum absolute atomic E-state index is 12.9. The highest BCUT2D eigenvalue weighted by Crippen LogP contribution is 2.20. The van der Waals surface area contributed by atoms with Gasteiger partial charge in [-0.1, -0.05) is 26.0 Å². The topological polar surface area (TPSA) is 39.2 Å². The number of esters is 1. The summed E-state index contributed by atoms with van der Waals surface area (Å²) in [5.41, 5.74) is 1.72. The Morgan fingerprint density at radius 3 is 2.71 bits per heavy atom. The van der Waals surface area contributed by atoms with E-state index in [-0.39, 0.29) is 30.7 Å². The van der Waals surface area contributed by atoms with Crippen molar-refractivity contribution < 1.29 is 13.9 Å². The fraction of sp³-hybridized carbons (Fsp3) is 0.375. The third kappa shape index (κ3) is 4.63. The van der Waals surface area contributed by atoms with Crippen LogP contribution in [0.25, 0.3) is 0 Å². The summed E-state index contributed by atoms with van der Waals surface area (Å²) >= 11 is 1.58. The van der Waals surface area contributed by atoms with Crippen LogP contribution in [0, 0.1) is 5.82 Å². The van der Waals surface area contributed by atoms with E-state index in [0.29, 0.717) is 0 Å². The lowest BCUT2D eigenvalue weighted by molar-refractivity contribution is -0.145. The van der Waals surface area contributed by atoms with E-state index in [0.717, 1.165) is 22.7 Å². The molecule has 0 fully saturated rings. The fourth-order valence-corrected chi connectivity index (χ4v) is 2.68. The number of nitrogens with zero attached hydrogens (tertiary/aromatic N) is 1. The molecule has 0 spiro atoms. The van der Waals surface area contributed by atoms with Crippen LogP contribution >= 0.6 is 11.3 Å². The number of hydrogen-bond acceptors (Lipinski definition) is 4. The highest BCUT2D eigenvalue weighted by atomic mass is 32.1. The lowest BCUT2D eigenvalue weighted by Crippen LogP contribution is -2.09. The first-order valence-electron chi connectivity index (χ1n) is 6.93. The van der Waals surface area contributed by atoms with Crippen LogP contribution in [0.15, 0.2) is 29.6 Å². The van der Waals surface area contributed by atoms with E-state index in [1.54, 1.807) is 23.5 Å². The van der Waals surface area contributed by atoms with Crippen LogP contribution in [-0.4, -0.2) is 11.0 Å². The number of thiazole rings is 1. The first-order chi connectivity index (χ1) is 10.1. The van der Waals surface area contributed by atoms with Crippen molar-refractivity contribution in [2.45, 2.75) is 39.2 Å². The predicted molar refractivity (Wildman–Crippen MR) is 80.7 cm³/mol. The number of aryl methyl sites for hydroxylation is 1. The van der Waals surface area contributed by atoms with Crippen LogP contribution in [0.5, 0.6) is 0 Å². The van der Waals surface area contributed by atoms with Gasteiger partial charge in [0.15, 0.2) is 0 Å². The van der Waals surface area contributed by atoms with Gasteiger partial charge in [0.05, 0.1) is 17.1 Å². The third-order valence-electron chi connectivity index (χ3n) is 3.19. The van der Waals surface area contributed by atoms with Crippen LogP contribution in [0.1, 0.15) is 42.5 Å². The summed E-state index contributed by atoms with van der Waals surface area (Å²) in [6.45, 7) is 4.18. The Morgan fingerprint density at radius 2 is 2.10 bits per heavy atom. The summed E-state index contributed by atoms with van der Waals surface area (Å²) in [7, 11) is 0. The predicted octanol–water partition coefficient (Wildman–Crippen LogP) is 4.08. The molecule has 0 saturated carbocycles. The molecule has 0 aliphatic rings. The van der Waals surface area contributed by atoms with Gasteiger partial charge < -0.3 is 4.74 Å². The smallest absolute Gasteiger partial charge is 0.306 e. The average Bonchev–Trinajstić information content (AvgIpc) is 2.94. The molecular formula is C16H18FNO2S. The van der Waals surface area contributed by atoms with Gasteiger partial charge in [-0.15, -0.1) is 11.3 Å². The first-order valence-corrected chi connectivity index (χ1v) is 7.80. The summed E-state index contributed by atoms with van der Waals surface area (Å²) in [6.07, 6.45) is 1.16. The summed E-state index contributed by atoms with van der Waals surface area (Å²) < 4.78 is 18.1. The van der Waals surface area contributed by atoms with Crippen molar-refractivity contribution in [2.75, 3.05) is 0 Å². The van der Waals surface area contributed by atoms with Gasteiger partial charge in [-0.2, -0.15) is 0 Å². The Hall–Kier alpha value is -1.75. The van der Waals surface area contributed by atoms with E-state index >= 15 is 0 Å². The molecule has 2 rings (SSSR count). The van der Waals surface area contributed by atoms with Gasteiger partial charge >= 0.3 is 5.97 Å². The van der Waals surface area contributed by atoms with Gasteiger partial charge in [-0.25, -0.2) is 9.37 Å². The summed E-state index contributed by atoms with van der Waals surface area (Å²) in [6, 6.07) is 6.19.